The van der Waals surface area contributed by atoms with Crippen LogP contribution in [0.1, 0.15) is 17.0 Å². The van der Waals surface area contributed by atoms with E-state index in [2.05, 4.69) is 26.0 Å². The van der Waals surface area contributed by atoms with E-state index in [1.54, 1.807) is 6.20 Å². The monoisotopic (exact) mass is 299 g/mol. The summed E-state index contributed by atoms with van der Waals surface area (Å²) in [6.45, 7) is 3.95. The lowest BCUT2D eigenvalue weighted by Crippen LogP contribution is -2.05. The van der Waals surface area contributed by atoms with Crippen LogP contribution in [0.4, 0.5) is 0 Å². The van der Waals surface area contributed by atoms with E-state index in [-0.39, 0.29) is 0 Å². The molecule has 0 radical (unpaired) electrons. The van der Waals surface area contributed by atoms with Crippen molar-refractivity contribution in [1.82, 2.24) is 14.8 Å². The number of aryl methyl sites for hydroxylation is 1. The summed E-state index contributed by atoms with van der Waals surface area (Å²) in [7, 11) is 0. The highest BCUT2D eigenvalue weighted by Gasteiger charge is 2.13. The first kappa shape index (κ1) is 11.6. The molecular weight excluding hydrogens is 289 g/mol. The van der Waals surface area contributed by atoms with Crippen molar-refractivity contribution in [1.29, 1.82) is 0 Å². The zero-order valence-corrected chi connectivity index (χ0v) is 11.4. The van der Waals surface area contributed by atoms with Gasteiger partial charge < -0.3 is 0 Å². The number of pyridine rings is 1. The third-order valence-electron chi connectivity index (χ3n) is 2.42. The van der Waals surface area contributed by atoms with Gasteiger partial charge in [-0.2, -0.15) is 5.10 Å². The van der Waals surface area contributed by atoms with Crippen LogP contribution in [0.25, 0.3) is 5.82 Å². The predicted molar refractivity (Wildman–Crippen MR) is 68.1 cm³/mol. The molecule has 0 spiro atoms. The lowest BCUT2D eigenvalue weighted by Gasteiger charge is -2.07. The van der Waals surface area contributed by atoms with Crippen LogP contribution in [0.5, 0.6) is 0 Å². The normalized spacial score (nSPS) is 10.8. The lowest BCUT2D eigenvalue weighted by molar-refractivity contribution is 0.797. The van der Waals surface area contributed by atoms with Crippen LogP contribution in [-0.4, -0.2) is 14.8 Å². The van der Waals surface area contributed by atoms with E-state index >= 15 is 0 Å². The molecule has 0 saturated heterocycles. The van der Waals surface area contributed by atoms with Crippen LogP contribution in [0.2, 0.25) is 0 Å². The van der Waals surface area contributed by atoms with E-state index in [9.17, 15) is 0 Å². The molecular formula is C11H11BrClN3. The second kappa shape index (κ2) is 4.55. The largest absolute Gasteiger partial charge is 0.237 e. The van der Waals surface area contributed by atoms with Crippen molar-refractivity contribution in [3.05, 3.63) is 39.8 Å². The van der Waals surface area contributed by atoms with Crippen molar-refractivity contribution in [2.75, 3.05) is 0 Å². The zero-order valence-electron chi connectivity index (χ0n) is 9.04. The Bertz CT molecular complexity index is 522. The van der Waals surface area contributed by atoms with Crippen LogP contribution < -0.4 is 0 Å². The van der Waals surface area contributed by atoms with Gasteiger partial charge in [0.15, 0.2) is 5.82 Å². The van der Waals surface area contributed by atoms with Crippen molar-refractivity contribution in [3.63, 3.8) is 0 Å². The van der Waals surface area contributed by atoms with Gasteiger partial charge in [0.25, 0.3) is 0 Å². The summed E-state index contributed by atoms with van der Waals surface area (Å²) in [6, 6.07) is 3.83. The molecule has 3 nitrogen and oxygen atoms in total. The van der Waals surface area contributed by atoms with Gasteiger partial charge in [-0.25, -0.2) is 9.67 Å². The van der Waals surface area contributed by atoms with Gasteiger partial charge in [-0.1, -0.05) is 6.07 Å². The fourth-order valence-corrected chi connectivity index (χ4v) is 2.01. The van der Waals surface area contributed by atoms with Gasteiger partial charge in [-0.3, -0.25) is 0 Å². The van der Waals surface area contributed by atoms with Crippen molar-refractivity contribution < 1.29 is 0 Å². The van der Waals surface area contributed by atoms with Gasteiger partial charge in [0.2, 0.25) is 0 Å². The van der Waals surface area contributed by atoms with E-state index in [0.717, 1.165) is 27.2 Å². The molecule has 0 aliphatic rings. The zero-order chi connectivity index (χ0) is 11.7. The minimum absolute atomic E-state index is 0.430. The average molecular weight is 301 g/mol. The smallest absolute Gasteiger partial charge is 0.158 e. The molecule has 0 unspecified atom stereocenters. The standard InChI is InChI=1S/C11H11BrClN3/c1-7-10(12)8(2)16(15-7)11-9(6-13)4-3-5-14-11/h3-5H,6H2,1-2H3. The Morgan fingerprint density at radius 2 is 2.19 bits per heavy atom. The van der Waals surface area contributed by atoms with Gasteiger partial charge in [-0.05, 0) is 35.8 Å². The Morgan fingerprint density at radius 1 is 1.44 bits per heavy atom. The lowest BCUT2D eigenvalue weighted by atomic mass is 10.3. The Labute approximate surface area is 108 Å². The topological polar surface area (TPSA) is 30.7 Å². The number of hydrogen-bond acceptors (Lipinski definition) is 2. The number of alkyl halides is 1. The highest BCUT2D eigenvalue weighted by atomic mass is 79.9. The van der Waals surface area contributed by atoms with E-state index in [1.807, 2.05) is 30.7 Å². The van der Waals surface area contributed by atoms with Crippen molar-refractivity contribution >= 4 is 27.5 Å². The molecule has 16 heavy (non-hydrogen) atoms. The van der Waals surface area contributed by atoms with Gasteiger partial charge in [0, 0.05) is 11.8 Å². The highest BCUT2D eigenvalue weighted by Crippen LogP contribution is 2.23. The first-order valence-corrected chi connectivity index (χ1v) is 6.20. The molecule has 2 aromatic rings. The molecule has 0 aliphatic carbocycles. The van der Waals surface area contributed by atoms with E-state index < -0.39 is 0 Å². The molecule has 0 aromatic carbocycles. The third-order valence-corrected chi connectivity index (χ3v) is 3.85. The van der Waals surface area contributed by atoms with Crippen molar-refractivity contribution in [3.8, 4) is 5.82 Å². The molecule has 2 heterocycles. The number of halogens is 2. The van der Waals surface area contributed by atoms with Gasteiger partial charge in [-0.15, -0.1) is 11.6 Å². The maximum Gasteiger partial charge on any atom is 0.158 e. The second-order valence-corrected chi connectivity index (χ2v) is 4.58. The number of rotatable bonds is 2. The predicted octanol–water partition coefficient (Wildman–Crippen LogP) is 3.39. The molecule has 0 bridgehead atoms. The van der Waals surface area contributed by atoms with E-state index in [0.29, 0.717) is 5.88 Å². The Kier molecular flexibility index (Phi) is 3.30. The summed E-state index contributed by atoms with van der Waals surface area (Å²) in [4.78, 5) is 4.33. The fourth-order valence-electron chi connectivity index (χ4n) is 1.56. The maximum absolute atomic E-state index is 5.89. The average Bonchev–Trinajstić information content (AvgIpc) is 2.57. The van der Waals surface area contributed by atoms with E-state index in [4.69, 9.17) is 11.6 Å². The molecule has 84 valence electrons. The van der Waals surface area contributed by atoms with Crippen molar-refractivity contribution in [2.24, 2.45) is 0 Å². The number of nitrogens with zero attached hydrogens (tertiary/aromatic N) is 3. The number of aromatic nitrogens is 3. The van der Waals surface area contributed by atoms with Gasteiger partial charge in [0.05, 0.1) is 21.7 Å². The third kappa shape index (κ3) is 1.87. The molecule has 2 rings (SSSR count). The summed E-state index contributed by atoms with van der Waals surface area (Å²) < 4.78 is 2.83. The summed E-state index contributed by atoms with van der Waals surface area (Å²) in [6.07, 6.45) is 1.75. The summed E-state index contributed by atoms with van der Waals surface area (Å²) in [5, 5.41) is 4.44. The molecule has 0 N–H and O–H groups in total. The van der Waals surface area contributed by atoms with Crippen molar-refractivity contribution in [2.45, 2.75) is 19.7 Å². The molecule has 0 amide bonds. The molecule has 0 atom stereocenters. The first-order valence-electron chi connectivity index (χ1n) is 4.87. The number of hydrogen-bond donors (Lipinski definition) is 0. The Balaban J connectivity index is 2.63. The minimum Gasteiger partial charge on any atom is -0.237 e. The van der Waals surface area contributed by atoms with Crippen LogP contribution in [0.15, 0.2) is 22.8 Å². The second-order valence-electron chi connectivity index (χ2n) is 3.52. The first-order chi connectivity index (χ1) is 7.65. The van der Waals surface area contributed by atoms with E-state index in [1.165, 1.54) is 0 Å². The SMILES string of the molecule is Cc1nn(-c2ncccc2CCl)c(C)c1Br. The van der Waals surface area contributed by atoms with Gasteiger partial charge in [0.1, 0.15) is 0 Å². The minimum atomic E-state index is 0.430. The Hall–Kier alpha value is -0.870. The summed E-state index contributed by atoms with van der Waals surface area (Å²) in [5.41, 5.74) is 2.95. The van der Waals surface area contributed by atoms with Crippen LogP contribution >= 0.6 is 27.5 Å². The van der Waals surface area contributed by atoms with Crippen LogP contribution in [0, 0.1) is 13.8 Å². The molecule has 0 aliphatic heterocycles. The highest BCUT2D eigenvalue weighted by molar-refractivity contribution is 9.10. The van der Waals surface area contributed by atoms with Crippen LogP contribution in [-0.2, 0) is 5.88 Å². The molecule has 0 saturated carbocycles. The van der Waals surface area contributed by atoms with Crippen LogP contribution in [0.3, 0.4) is 0 Å². The molecule has 2 aromatic heterocycles. The maximum atomic E-state index is 5.89. The Morgan fingerprint density at radius 3 is 2.75 bits per heavy atom. The van der Waals surface area contributed by atoms with Gasteiger partial charge >= 0.3 is 0 Å². The molecule has 0 fully saturated rings. The quantitative estimate of drug-likeness (QED) is 0.796. The fraction of sp³-hybridized carbons (Fsp3) is 0.273. The summed E-state index contributed by atoms with van der Waals surface area (Å²) in [5.74, 6) is 1.22. The summed E-state index contributed by atoms with van der Waals surface area (Å²) >= 11 is 9.39. The molecule has 5 heteroatoms.